The molecule has 1 rings (SSSR count). The molecule has 0 aliphatic carbocycles. The zero-order valence-electron chi connectivity index (χ0n) is 11.7. The number of hydrogen-bond donors (Lipinski definition) is 1. The predicted molar refractivity (Wildman–Crippen MR) is 84.4 cm³/mol. The van der Waals surface area contributed by atoms with Gasteiger partial charge in [-0.15, -0.1) is 0 Å². The largest absolute Gasteiger partial charge is 0.316 e. The van der Waals surface area contributed by atoms with Crippen LogP contribution in [0.1, 0.15) is 52.4 Å². The lowest BCUT2D eigenvalue weighted by molar-refractivity contribution is 0.462. The Morgan fingerprint density at radius 1 is 1.12 bits per heavy atom. The minimum absolute atomic E-state index is 0.731. The van der Waals surface area contributed by atoms with E-state index in [0.717, 1.165) is 16.5 Å². The molecule has 1 aliphatic heterocycles. The van der Waals surface area contributed by atoms with Gasteiger partial charge < -0.3 is 5.32 Å². The first-order chi connectivity index (χ1) is 8.33. The summed E-state index contributed by atoms with van der Waals surface area (Å²) in [5.74, 6) is 2.70. The average Bonchev–Trinajstić information content (AvgIpc) is 2.39. The zero-order chi connectivity index (χ0) is 12.5. The van der Waals surface area contributed by atoms with Crippen molar-refractivity contribution in [2.45, 2.75) is 68.9 Å². The van der Waals surface area contributed by atoms with Gasteiger partial charge in [-0.2, -0.15) is 23.5 Å². The number of nitrogens with one attached hydrogen (secondary N) is 1. The molecule has 3 unspecified atom stereocenters. The third kappa shape index (κ3) is 5.44. The molecule has 0 spiro atoms. The lowest BCUT2D eigenvalue weighted by Gasteiger charge is -2.36. The van der Waals surface area contributed by atoms with Crippen LogP contribution in [0.4, 0.5) is 0 Å². The van der Waals surface area contributed by atoms with Crippen LogP contribution in [0, 0.1) is 0 Å². The summed E-state index contributed by atoms with van der Waals surface area (Å²) in [5.41, 5.74) is 0. The predicted octanol–water partition coefficient (Wildman–Crippen LogP) is 4.17. The van der Waals surface area contributed by atoms with Gasteiger partial charge in [0.25, 0.3) is 0 Å². The van der Waals surface area contributed by atoms with Crippen molar-refractivity contribution in [3.63, 3.8) is 0 Å². The Bertz CT molecular complexity index is 187. The summed E-state index contributed by atoms with van der Waals surface area (Å²) in [6, 6.07) is 0.731. The van der Waals surface area contributed by atoms with Gasteiger partial charge in [0.1, 0.15) is 0 Å². The monoisotopic (exact) mass is 275 g/mol. The van der Waals surface area contributed by atoms with Crippen LogP contribution >= 0.6 is 23.5 Å². The molecule has 0 bridgehead atoms. The Balaban J connectivity index is 2.35. The van der Waals surface area contributed by atoms with Crippen molar-refractivity contribution in [3.8, 4) is 0 Å². The molecular weight excluding hydrogens is 246 g/mol. The van der Waals surface area contributed by atoms with Gasteiger partial charge in [0.05, 0.1) is 0 Å². The standard InChI is InChI=1S/C14H29NS2/c1-4-6-7-8-9-12(15-3)14-13(5-2)16-10-11-17-14/h12-15H,4-11H2,1-3H3. The summed E-state index contributed by atoms with van der Waals surface area (Å²) in [6.45, 7) is 4.64. The molecule has 3 atom stereocenters. The van der Waals surface area contributed by atoms with Gasteiger partial charge >= 0.3 is 0 Å². The van der Waals surface area contributed by atoms with Crippen molar-refractivity contribution in [2.75, 3.05) is 18.6 Å². The van der Waals surface area contributed by atoms with Crippen LogP contribution in [0.5, 0.6) is 0 Å². The molecule has 0 saturated carbocycles. The summed E-state index contributed by atoms with van der Waals surface area (Å²) < 4.78 is 0. The van der Waals surface area contributed by atoms with E-state index in [1.165, 1.54) is 50.0 Å². The van der Waals surface area contributed by atoms with Crippen LogP contribution in [0.3, 0.4) is 0 Å². The topological polar surface area (TPSA) is 12.0 Å². The van der Waals surface area contributed by atoms with Gasteiger partial charge in [0.2, 0.25) is 0 Å². The van der Waals surface area contributed by atoms with Crippen molar-refractivity contribution in [2.24, 2.45) is 0 Å². The first-order valence-electron chi connectivity index (χ1n) is 7.23. The normalized spacial score (nSPS) is 27.0. The van der Waals surface area contributed by atoms with E-state index in [-0.39, 0.29) is 0 Å². The third-order valence-electron chi connectivity index (χ3n) is 3.63. The van der Waals surface area contributed by atoms with Crippen LogP contribution in [0.15, 0.2) is 0 Å². The van der Waals surface area contributed by atoms with Crippen LogP contribution in [0.25, 0.3) is 0 Å². The van der Waals surface area contributed by atoms with E-state index in [4.69, 9.17) is 0 Å². The van der Waals surface area contributed by atoms with Gasteiger partial charge in [-0.3, -0.25) is 0 Å². The summed E-state index contributed by atoms with van der Waals surface area (Å²) in [5, 5.41) is 5.29. The molecule has 102 valence electrons. The summed E-state index contributed by atoms with van der Waals surface area (Å²) in [4.78, 5) is 0. The Morgan fingerprint density at radius 2 is 1.88 bits per heavy atom. The Kier molecular flexibility index (Phi) is 8.85. The van der Waals surface area contributed by atoms with E-state index in [1.807, 2.05) is 0 Å². The molecule has 0 amide bonds. The maximum Gasteiger partial charge on any atom is 0.0320 e. The minimum Gasteiger partial charge on any atom is -0.316 e. The van der Waals surface area contributed by atoms with Crippen molar-refractivity contribution in [1.82, 2.24) is 5.32 Å². The van der Waals surface area contributed by atoms with Gasteiger partial charge in [0.15, 0.2) is 0 Å². The van der Waals surface area contributed by atoms with Gasteiger partial charge in [-0.25, -0.2) is 0 Å². The summed E-state index contributed by atoms with van der Waals surface area (Å²) >= 11 is 4.41. The van der Waals surface area contributed by atoms with E-state index in [9.17, 15) is 0 Å². The Hall–Kier alpha value is 0.660. The molecular formula is C14H29NS2. The maximum absolute atomic E-state index is 3.58. The first-order valence-corrected chi connectivity index (χ1v) is 9.33. The molecule has 0 radical (unpaired) electrons. The highest BCUT2D eigenvalue weighted by Crippen LogP contribution is 2.36. The number of unbranched alkanes of at least 4 members (excludes halogenated alkanes) is 3. The number of hydrogen-bond acceptors (Lipinski definition) is 3. The molecule has 17 heavy (non-hydrogen) atoms. The van der Waals surface area contributed by atoms with Crippen LogP contribution in [-0.2, 0) is 0 Å². The van der Waals surface area contributed by atoms with Gasteiger partial charge in [0, 0.05) is 28.0 Å². The quantitative estimate of drug-likeness (QED) is 0.668. The minimum atomic E-state index is 0.731. The lowest BCUT2D eigenvalue weighted by atomic mass is 10.0. The van der Waals surface area contributed by atoms with Crippen LogP contribution in [-0.4, -0.2) is 35.1 Å². The Labute approximate surface area is 116 Å². The molecule has 1 saturated heterocycles. The van der Waals surface area contributed by atoms with E-state index in [1.54, 1.807) is 0 Å². The average molecular weight is 276 g/mol. The van der Waals surface area contributed by atoms with Crippen molar-refractivity contribution in [1.29, 1.82) is 0 Å². The molecule has 0 aromatic carbocycles. The SMILES string of the molecule is CCCCCCC(NC)C1SCCSC1CC. The van der Waals surface area contributed by atoms with Crippen LogP contribution < -0.4 is 5.32 Å². The Morgan fingerprint density at radius 3 is 2.53 bits per heavy atom. The second-order valence-electron chi connectivity index (χ2n) is 4.90. The highest BCUT2D eigenvalue weighted by molar-refractivity contribution is 8.07. The molecule has 1 heterocycles. The molecule has 1 N–H and O–H groups in total. The molecule has 0 aromatic rings. The maximum atomic E-state index is 3.58. The van der Waals surface area contributed by atoms with Gasteiger partial charge in [-0.05, 0) is 19.9 Å². The molecule has 1 fully saturated rings. The fourth-order valence-corrected chi connectivity index (χ4v) is 5.92. The summed E-state index contributed by atoms with van der Waals surface area (Å²) in [7, 11) is 2.15. The molecule has 1 nitrogen and oxygen atoms in total. The zero-order valence-corrected chi connectivity index (χ0v) is 13.3. The molecule has 0 aromatic heterocycles. The number of rotatable bonds is 8. The fourth-order valence-electron chi connectivity index (χ4n) is 2.58. The smallest absolute Gasteiger partial charge is 0.0320 e. The highest BCUT2D eigenvalue weighted by Gasteiger charge is 2.30. The van der Waals surface area contributed by atoms with Crippen molar-refractivity contribution in [3.05, 3.63) is 0 Å². The second kappa shape index (κ2) is 9.57. The molecule has 3 heteroatoms. The first kappa shape index (κ1) is 15.7. The van der Waals surface area contributed by atoms with Gasteiger partial charge in [-0.1, -0.05) is 39.5 Å². The number of thioether (sulfide) groups is 2. The summed E-state index contributed by atoms with van der Waals surface area (Å²) in [6.07, 6.45) is 8.25. The van der Waals surface area contributed by atoms with E-state index >= 15 is 0 Å². The second-order valence-corrected chi connectivity index (χ2v) is 7.53. The van der Waals surface area contributed by atoms with Crippen molar-refractivity contribution >= 4 is 23.5 Å². The van der Waals surface area contributed by atoms with E-state index in [0.29, 0.717) is 0 Å². The van der Waals surface area contributed by atoms with E-state index in [2.05, 4.69) is 49.7 Å². The van der Waals surface area contributed by atoms with Crippen LogP contribution in [0.2, 0.25) is 0 Å². The fraction of sp³-hybridized carbons (Fsp3) is 1.00. The highest BCUT2D eigenvalue weighted by atomic mass is 32.2. The van der Waals surface area contributed by atoms with Crippen molar-refractivity contribution < 1.29 is 0 Å². The third-order valence-corrected chi connectivity index (χ3v) is 7.04. The van der Waals surface area contributed by atoms with E-state index < -0.39 is 0 Å². The molecule has 1 aliphatic rings. The lowest BCUT2D eigenvalue weighted by Crippen LogP contribution is -2.43.